The Hall–Kier alpha value is -1.13. The van der Waals surface area contributed by atoms with E-state index in [2.05, 4.69) is 31.5 Å². The first-order valence-electron chi connectivity index (χ1n) is 5.33. The molecule has 1 aromatic heterocycles. The van der Waals surface area contributed by atoms with Crippen molar-refractivity contribution in [3.05, 3.63) is 40.8 Å². The van der Waals surface area contributed by atoms with Gasteiger partial charge in [0.25, 0.3) is 0 Å². The number of rotatable bonds is 1. The monoisotopic (exact) mass is 277 g/mol. The summed E-state index contributed by atoms with van der Waals surface area (Å²) < 4.78 is 3.22. The Morgan fingerprint density at radius 2 is 2.19 bits per heavy atom. The first-order chi connectivity index (χ1) is 7.77. The zero-order valence-corrected chi connectivity index (χ0v) is 10.3. The number of aryl methyl sites for hydroxylation is 1. The van der Waals surface area contributed by atoms with E-state index in [0.717, 1.165) is 34.4 Å². The van der Waals surface area contributed by atoms with Gasteiger partial charge >= 0.3 is 0 Å². The third kappa shape index (κ3) is 1.41. The fourth-order valence-corrected chi connectivity index (χ4v) is 2.71. The Kier molecular flexibility index (Phi) is 2.33. The number of nitrogens with two attached hydrogens (primary N) is 1. The van der Waals surface area contributed by atoms with E-state index < -0.39 is 0 Å². The Bertz CT molecular complexity index is 533. The van der Waals surface area contributed by atoms with Crippen molar-refractivity contribution >= 4 is 15.9 Å². The Labute approximate surface area is 102 Å². The van der Waals surface area contributed by atoms with Gasteiger partial charge in [-0.3, -0.25) is 0 Å². The second-order valence-corrected chi connectivity index (χ2v) is 4.90. The molecule has 1 aliphatic rings. The molecule has 82 valence electrons. The van der Waals surface area contributed by atoms with Crippen LogP contribution >= 0.6 is 15.9 Å². The van der Waals surface area contributed by atoms with Gasteiger partial charge in [0, 0.05) is 22.6 Å². The average molecular weight is 278 g/mol. The highest BCUT2D eigenvalue weighted by molar-refractivity contribution is 9.10. The van der Waals surface area contributed by atoms with Crippen molar-refractivity contribution in [2.45, 2.75) is 19.0 Å². The number of aromatic nitrogens is 2. The number of fused-ring (bicyclic) bond motifs is 1. The predicted molar refractivity (Wildman–Crippen MR) is 66.9 cm³/mol. The molecule has 4 heteroatoms. The highest BCUT2D eigenvalue weighted by atomic mass is 79.9. The molecule has 0 radical (unpaired) electrons. The van der Waals surface area contributed by atoms with Crippen LogP contribution in [0.15, 0.2) is 35.1 Å². The van der Waals surface area contributed by atoms with Gasteiger partial charge in [0.15, 0.2) is 0 Å². The molecular formula is C12H12BrN3. The lowest BCUT2D eigenvalue weighted by Gasteiger charge is -2.07. The van der Waals surface area contributed by atoms with E-state index in [1.807, 2.05) is 24.5 Å². The molecule has 2 aromatic rings. The van der Waals surface area contributed by atoms with E-state index in [-0.39, 0.29) is 6.04 Å². The first kappa shape index (κ1) is 10.1. The number of hydrogen-bond acceptors (Lipinski definition) is 2. The molecule has 0 saturated carbocycles. The summed E-state index contributed by atoms with van der Waals surface area (Å²) in [5.41, 5.74) is 9.39. The van der Waals surface area contributed by atoms with Crippen molar-refractivity contribution < 1.29 is 0 Å². The molecule has 1 unspecified atom stereocenters. The summed E-state index contributed by atoms with van der Waals surface area (Å²) >= 11 is 3.56. The fraction of sp³-hybridized carbons (Fsp3) is 0.250. The predicted octanol–water partition coefficient (Wildman–Crippen LogP) is 2.72. The highest BCUT2D eigenvalue weighted by Gasteiger charge is 2.25. The topological polar surface area (TPSA) is 43.8 Å². The van der Waals surface area contributed by atoms with E-state index in [0.29, 0.717) is 0 Å². The Morgan fingerprint density at radius 3 is 3.00 bits per heavy atom. The van der Waals surface area contributed by atoms with Crippen LogP contribution in [0.1, 0.15) is 18.2 Å². The summed E-state index contributed by atoms with van der Waals surface area (Å²) in [7, 11) is 0. The lowest BCUT2D eigenvalue weighted by Crippen LogP contribution is -2.07. The SMILES string of the molecule is NC1CCn2cnc(-c3ccccc3Br)c21. The largest absolute Gasteiger partial charge is 0.333 e. The van der Waals surface area contributed by atoms with Gasteiger partial charge in [-0.25, -0.2) is 4.98 Å². The Balaban J connectivity index is 2.19. The zero-order valence-electron chi connectivity index (χ0n) is 8.73. The Morgan fingerprint density at radius 1 is 1.38 bits per heavy atom. The maximum Gasteiger partial charge on any atom is 0.0956 e. The van der Waals surface area contributed by atoms with E-state index in [1.54, 1.807) is 0 Å². The maximum absolute atomic E-state index is 6.10. The van der Waals surface area contributed by atoms with Gasteiger partial charge in [0.2, 0.25) is 0 Å². The number of hydrogen-bond donors (Lipinski definition) is 1. The van der Waals surface area contributed by atoms with Crippen molar-refractivity contribution in [3.63, 3.8) is 0 Å². The molecule has 0 aliphatic carbocycles. The average Bonchev–Trinajstić information content (AvgIpc) is 2.83. The van der Waals surface area contributed by atoms with Crippen LogP contribution < -0.4 is 5.73 Å². The van der Waals surface area contributed by atoms with Crippen LogP contribution in [0, 0.1) is 0 Å². The van der Waals surface area contributed by atoms with Crippen molar-refractivity contribution in [2.75, 3.05) is 0 Å². The van der Waals surface area contributed by atoms with Gasteiger partial charge in [-0.1, -0.05) is 34.1 Å². The number of imidazole rings is 1. The van der Waals surface area contributed by atoms with Crippen molar-refractivity contribution in [3.8, 4) is 11.3 Å². The molecule has 3 nitrogen and oxygen atoms in total. The van der Waals surface area contributed by atoms with Crippen LogP contribution in [0.25, 0.3) is 11.3 Å². The molecule has 0 amide bonds. The summed E-state index contributed by atoms with van der Waals surface area (Å²) in [6, 6.07) is 8.24. The lowest BCUT2D eigenvalue weighted by molar-refractivity contribution is 0.679. The van der Waals surface area contributed by atoms with Crippen LogP contribution in [0.4, 0.5) is 0 Å². The third-order valence-corrected chi connectivity index (χ3v) is 3.73. The first-order valence-corrected chi connectivity index (χ1v) is 6.12. The van der Waals surface area contributed by atoms with Crippen molar-refractivity contribution in [1.82, 2.24) is 9.55 Å². The van der Waals surface area contributed by atoms with Crippen LogP contribution in [0.3, 0.4) is 0 Å². The molecule has 0 bridgehead atoms. The van der Waals surface area contributed by atoms with E-state index in [9.17, 15) is 0 Å². The van der Waals surface area contributed by atoms with Crippen LogP contribution in [0.5, 0.6) is 0 Å². The normalized spacial score (nSPS) is 18.8. The highest BCUT2D eigenvalue weighted by Crippen LogP contribution is 2.35. The second-order valence-electron chi connectivity index (χ2n) is 4.05. The van der Waals surface area contributed by atoms with Gasteiger partial charge < -0.3 is 10.3 Å². The molecule has 3 rings (SSSR count). The maximum atomic E-state index is 6.10. The second kappa shape index (κ2) is 3.71. The molecule has 0 saturated heterocycles. The van der Waals surface area contributed by atoms with Crippen molar-refractivity contribution in [1.29, 1.82) is 0 Å². The van der Waals surface area contributed by atoms with E-state index in [1.165, 1.54) is 0 Å². The van der Waals surface area contributed by atoms with Gasteiger partial charge in [-0.05, 0) is 12.5 Å². The van der Waals surface area contributed by atoms with Crippen LogP contribution in [0.2, 0.25) is 0 Å². The van der Waals surface area contributed by atoms with Crippen LogP contribution in [-0.2, 0) is 6.54 Å². The van der Waals surface area contributed by atoms with Gasteiger partial charge in [0.05, 0.1) is 17.7 Å². The standard InChI is InChI=1S/C12H12BrN3/c13-9-4-2-1-3-8(9)11-12-10(14)5-6-16(12)7-15-11/h1-4,7,10H,5-6,14H2. The number of nitrogens with zero attached hydrogens (tertiary/aromatic N) is 2. The fourth-order valence-electron chi connectivity index (χ4n) is 2.23. The molecule has 0 spiro atoms. The summed E-state index contributed by atoms with van der Waals surface area (Å²) in [6.45, 7) is 0.980. The van der Waals surface area contributed by atoms with Crippen molar-refractivity contribution in [2.24, 2.45) is 5.73 Å². The van der Waals surface area contributed by atoms with Gasteiger partial charge in [0.1, 0.15) is 0 Å². The molecule has 1 aliphatic heterocycles. The summed E-state index contributed by atoms with van der Waals surface area (Å²) in [5.74, 6) is 0. The quantitative estimate of drug-likeness (QED) is 0.871. The van der Waals surface area contributed by atoms with E-state index >= 15 is 0 Å². The third-order valence-electron chi connectivity index (χ3n) is 3.04. The molecule has 0 fully saturated rings. The molecule has 1 atom stereocenters. The molecule has 2 heterocycles. The van der Waals surface area contributed by atoms with Gasteiger partial charge in [-0.15, -0.1) is 0 Å². The molecular weight excluding hydrogens is 266 g/mol. The van der Waals surface area contributed by atoms with E-state index in [4.69, 9.17) is 5.73 Å². The summed E-state index contributed by atoms with van der Waals surface area (Å²) in [4.78, 5) is 4.47. The molecule has 2 N–H and O–H groups in total. The summed E-state index contributed by atoms with van der Waals surface area (Å²) in [5, 5.41) is 0. The summed E-state index contributed by atoms with van der Waals surface area (Å²) in [6.07, 6.45) is 2.90. The minimum atomic E-state index is 0.115. The van der Waals surface area contributed by atoms with Gasteiger partial charge in [-0.2, -0.15) is 0 Å². The minimum Gasteiger partial charge on any atom is -0.333 e. The number of benzene rings is 1. The minimum absolute atomic E-state index is 0.115. The number of halogens is 1. The lowest BCUT2D eigenvalue weighted by atomic mass is 10.1. The smallest absolute Gasteiger partial charge is 0.0956 e. The molecule has 1 aromatic carbocycles. The molecule has 16 heavy (non-hydrogen) atoms. The van der Waals surface area contributed by atoms with Crippen LogP contribution in [-0.4, -0.2) is 9.55 Å². The zero-order chi connectivity index (χ0) is 11.1.